The summed E-state index contributed by atoms with van der Waals surface area (Å²) in [6, 6.07) is 9.24. The van der Waals surface area contributed by atoms with Crippen molar-refractivity contribution in [3.05, 3.63) is 47.5 Å². The van der Waals surface area contributed by atoms with Gasteiger partial charge in [-0.05, 0) is 36.2 Å². The highest BCUT2D eigenvalue weighted by Gasteiger charge is 2.31. The van der Waals surface area contributed by atoms with E-state index >= 15 is 0 Å². The largest absolute Gasteiger partial charge is 0.416 e. The number of pyridine rings is 1. The number of alkyl halides is 3. The second kappa shape index (κ2) is 6.03. The van der Waals surface area contributed by atoms with Gasteiger partial charge in [-0.25, -0.2) is 4.98 Å². The van der Waals surface area contributed by atoms with Crippen molar-refractivity contribution in [2.75, 3.05) is 11.1 Å². The molecule has 0 spiro atoms. The lowest BCUT2D eigenvalue weighted by molar-refractivity contribution is -0.137. The SMILES string of the molecule is CCCc1ccc(Nc2cc(C(F)(F)F)cc(N)n2)cc1. The fourth-order valence-corrected chi connectivity index (χ4v) is 1.97. The number of aromatic nitrogens is 1. The van der Waals surface area contributed by atoms with E-state index in [-0.39, 0.29) is 11.6 Å². The molecule has 0 atom stereocenters. The summed E-state index contributed by atoms with van der Waals surface area (Å²) in [4.78, 5) is 3.87. The summed E-state index contributed by atoms with van der Waals surface area (Å²) in [6.07, 6.45) is -2.44. The Kier molecular flexibility index (Phi) is 4.35. The average molecular weight is 295 g/mol. The van der Waals surface area contributed by atoms with Crippen molar-refractivity contribution in [3.8, 4) is 0 Å². The normalized spacial score (nSPS) is 11.4. The van der Waals surface area contributed by atoms with E-state index in [1.807, 2.05) is 24.3 Å². The number of rotatable bonds is 4. The predicted molar refractivity (Wildman–Crippen MR) is 77.4 cm³/mol. The van der Waals surface area contributed by atoms with E-state index in [4.69, 9.17) is 5.73 Å². The Hall–Kier alpha value is -2.24. The molecule has 1 aromatic carbocycles. The van der Waals surface area contributed by atoms with Crippen LogP contribution in [0, 0.1) is 0 Å². The summed E-state index contributed by atoms with van der Waals surface area (Å²) in [5.74, 6) is -0.0968. The molecule has 21 heavy (non-hydrogen) atoms. The van der Waals surface area contributed by atoms with Gasteiger partial charge in [-0.2, -0.15) is 13.2 Å². The zero-order valence-electron chi connectivity index (χ0n) is 11.5. The van der Waals surface area contributed by atoms with E-state index in [9.17, 15) is 13.2 Å². The van der Waals surface area contributed by atoms with Gasteiger partial charge in [0.15, 0.2) is 0 Å². The number of nitrogen functional groups attached to an aromatic ring is 1. The second-order valence-electron chi connectivity index (χ2n) is 4.74. The molecule has 1 heterocycles. The minimum atomic E-state index is -4.45. The number of aryl methyl sites for hydroxylation is 1. The molecule has 2 rings (SSSR count). The molecule has 1 aromatic heterocycles. The first-order valence-corrected chi connectivity index (χ1v) is 6.59. The Balaban J connectivity index is 2.21. The summed E-state index contributed by atoms with van der Waals surface area (Å²) < 4.78 is 38.1. The number of halogens is 3. The molecular weight excluding hydrogens is 279 g/mol. The van der Waals surface area contributed by atoms with Gasteiger partial charge < -0.3 is 11.1 Å². The van der Waals surface area contributed by atoms with Crippen LogP contribution >= 0.6 is 0 Å². The van der Waals surface area contributed by atoms with Crippen molar-refractivity contribution in [1.82, 2.24) is 4.98 Å². The van der Waals surface area contributed by atoms with Crippen molar-refractivity contribution in [3.63, 3.8) is 0 Å². The lowest BCUT2D eigenvalue weighted by Gasteiger charge is -2.11. The van der Waals surface area contributed by atoms with E-state index < -0.39 is 11.7 Å². The Labute approximate surface area is 121 Å². The zero-order chi connectivity index (χ0) is 15.5. The lowest BCUT2D eigenvalue weighted by atomic mass is 10.1. The van der Waals surface area contributed by atoms with E-state index in [1.165, 1.54) is 5.56 Å². The lowest BCUT2D eigenvalue weighted by Crippen LogP contribution is -2.08. The van der Waals surface area contributed by atoms with E-state index in [0.29, 0.717) is 5.69 Å². The number of nitrogens with one attached hydrogen (secondary N) is 1. The summed E-state index contributed by atoms with van der Waals surface area (Å²) in [5, 5.41) is 2.84. The topological polar surface area (TPSA) is 50.9 Å². The molecule has 0 radical (unpaired) electrons. The third-order valence-electron chi connectivity index (χ3n) is 2.94. The number of anilines is 3. The van der Waals surface area contributed by atoms with Crippen LogP contribution in [-0.2, 0) is 12.6 Å². The standard InChI is InChI=1S/C15H16F3N3/c1-2-3-10-4-6-12(7-5-10)20-14-9-11(15(16,17)18)8-13(19)21-14/h4-9H,2-3H2,1H3,(H3,19,20,21). The van der Waals surface area contributed by atoms with Gasteiger partial charge in [0, 0.05) is 5.69 Å². The molecule has 0 aliphatic heterocycles. The fraction of sp³-hybridized carbons (Fsp3) is 0.267. The maximum Gasteiger partial charge on any atom is 0.416 e. The first-order valence-electron chi connectivity index (χ1n) is 6.59. The van der Waals surface area contributed by atoms with E-state index in [2.05, 4.69) is 17.2 Å². The minimum Gasteiger partial charge on any atom is -0.384 e. The van der Waals surface area contributed by atoms with Gasteiger partial charge in [-0.3, -0.25) is 0 Å². The molecule has 0 saturated carbocycles. The summed E-state index contributed by atoms with van der Waals surface area (Å²) in [7, 11) is 0. The summed E-state index contributed by atoms with van der Waals surface area (Å²) in [6.45, 7) is 2.08. The molecule has 0 aliphatic carbocycles. The first kappa shape index (κ1) is 15.2. The molecule has 0 amide bonds. The fourth-order valence-electron chi connectivity index (χ4n) is 1.97. The van der Waals surface area contributed by atoms with Gasteiger partial charge in [-0.15, -0.1) is 0 Å². The van der Waals surface area contributed by atoms with Crippen LogP contribution < -0.4 is 11.1 Å². The van der Waals surface area contributed by atoms with Crippen LogP contribution in [0.1, 0.15) is 24.5 Å². The smallest absolute Gasteiger partial charge is 0.384 e. The van der Waals surface area contributed by atoms with Crippen LogP contribution in [0.2, 0.25) is 0 Å². The maximum absolute atomic E-state index is 12.7. The maximum atomic E-state index is 12.7. The quantitative estimate of drug-likeness (QED) is 0.880. The van der Waals surface area contributed by atoms with Gasteiger partial charge in [0.05, 0.1) is 5.56 Å². The van der Waals surface area contributed by atoms with Crippen LogP contribution in [0.5, 0.6) is 0 Å². The Morgan fingerprint density at radius 1 is 1.14 bits per heavy atom. The van der Waals surface area contributed by atoms with Crippen molar-refractivity contribution >= 4 is 17.3 Å². The third-order valence-corrected chi connectivity index (χ3v) is 2.94. The van der Waals surface area contributed by atoms with Crippen LogP contribution in [0.25, 0.3) is 0 Å². The van der Waals surface area contributed by atoms with E-state index in [0.717, 1.165) is 25.0 Å². The number of benzene rings is 1. The minimum absolute atomic E-state index is 0.0746. The molecule has 3 N–H and O–H groups in total. The van der Waals surface area contributed by atoms with Gasteiger partial charge in [0.25, 0.3) is 0 Å². The molecule has 0 aliphatic rings. The number of nitrogens with two attached hydrogens (primary N) is 1. The molecule has 0 unspecified atom stereocenters. The zero-order valence-corrected chi connectivity index (χ0v) is 11.5. The monoisotopic (exact) mass is 295 g/mol. The molecule has 0 fully saturated rings. The molecular formula is C15H16F3N3. The Bertz CT molecular complexity index is 607. The average Bonchev–Trinajstić information content (AvgIpc) is 2.40. The highest BCUT2D eigenvalue weighted by Crippen LogP contribution is 2.32. The predicted octanol–water partition coefficient (Wildman–Crippen LogP) is 4.38. The first-order chi connectivity index (χ1) is 9.88. The van der Waals surface area contributed by atoms with Crippen molar-refractivity contribution in [1.29, 1.82) is 0 Å². The molecule has 3 nitrogen and oxygen atoms in total. The Morgan fingerprint density at radius 2 is 1.81 bits per heavy atom. The van der Waals surface area contributed by atoms with Crippen molar-refractivity contribution < 1.29 is 13.2 Å². The highest BCUT2D eigenvalue weighted by molar-refractivity contribution is 5.59. The molecule has 2 aromatic rings. The van der Waals surface area contributed by atoms with Crippen molar-refractivity contribution in [2.45, 2.75) is 25.9 Å². The van der Waals surface area contributed by atoms with Crippen LogP contribution in [0.3, 0.4) is 0 Å². The highest BCUT2D eigenvalue weighted by atomic mass is 19.4. The van der Waals surface area contributed by atoms with Gasteiger partial charge in [-0.1, -0.05) is 25.5 Å². The second-order valence-corrected chi connectivity index (χ2v) is 4.74. The molecule has 6 heteroatoms. The van der Waals surface area contributed by atoms with Crippen LogP contribution in [-0.4, -0.2) is 4.98 Å². The molecule has 0 saturated heterocycles. The van der Waals surface area contributed by atoms with Gasteiger partial charge >= 0.3 is 6.18 Å². The summed E-state index contributed by atoms with van der Waals surface area (Å²) in [5.41, 5.74) is 6.45. The Morgan fingerprint density at radius 3 is 2.38 bits per heavy atom. The van der Waals surface area contributed by atoms with Crippen LogP contribution in [0.15, 0.2) is 36.4 Å². The number of hydrogen-bond donors (Lipinski definition) is 2. The number of nitrogens with zero attached hydrogens (tertiary/aromatic N) is 1. The molecule has 0 bridgehead atoms. The van der Waals surface area contributed by atoms with E-state index in [1.54, 1.807) is 0 Å². The van der Waals surface area contributed by atoms with Crippen molar-refractivity contribution in [2.24, 2.45) is 0 Å². The number of hydrogen-bond acceptors (Lipinski definition) is 3. The summed E-state index contributed by atoms with van der Waals surface area (Å²) >= 11 is 0. The molecule has 112 valence electrons. The van der Waals surface area contributed by atoms with Gasteiger partial charge in [0.2, 0.25) is 0 Å². The van der Waals surface area contributed by atoms with Crippen LogP contribution in [0.4, 0.5) is 30.5 Å². The third kappa shape index (κ3) is 4.11. The van der Waals surface area contributed by atoms with Gasteiger partial charge in [0.1, 0.15) is 11.6 Å².